The lowest BCUT2D eigenvalue weighted by molar-refractivity contribution is -0.122. The first-order chi connectivity index (χ1) is 14.0. The molecule has 0 aromatic heterocycles. The Labute approximate surface area is 169 Å². The third kappa shape index (κ3) is 2.48. The summed E-state index contributed by atoms with van der Waals surface area (Å²) in [7, 11) is 0. The van der Waals surface area contributed by atoms with E-state index in [1.165, 1.54) is 17.4 Å². The highest BCUT2D eigenvalue weighted by atomic mass is 16.2. The molecule has 29 heavy (non-hydrogen) atoms. The quantitative estimate of drug-likeness (QED) is 0.451. The van der Waals surface area contributed by atoms with Crippen LogP contribution in [0.3, 0.4) is 0 Å². The lowest BCUT2D eigenvalue weighted by atomic mass is 9.85. The lowest BCUT2D eigenvalue weighted by Gasteiger charge is -2.20. The van der Waals surface area contributed by atoms with Crippen molar-refractivity contribution >= 4 is 28.9 Å². The van der Waals surface area contributed by atoms with Crippen LogP contribution in [0.15, 0.2) is 72.3 Å². The van der Waals surface area contributed by atoms with Crippen LogP contribution in [0.2, 0.25) is 0 Å². The van der Waals surface area contributed by atoms with Gasteiger partial charge in [-0.1, -0.05) is 48.1 Å². The van der Waals surface area contributed by atoms with Crippen molar-refractivity contribution in [3.63, 3.8) is 0 Å². The minimum atomic E-state index is -0.335. The second kappa shape index (κ2) is 6.38. The van der Waals surface area contributed by atoms with Crippen LogP contribution in [-0.2, 0) is 9.59 Å². The van der Waals surface area contributed by atoms with E-state index in [0.717, 1.165) is 11.1 Å². The van der Waals surface area contributed by atoms with Crippen LogP contribution in [0, 0.1) is 23.7 Å². The minimum absolute atomic E-state index is 0.0249. The second-order valence-electron chi connectivity index (χ2n) is 8.05. The molecule has 2 amide bonds. The number of rotatable bonds is 3. The molecule has 4 nitrogen and oxygen atoms in total. The third-order valence-electron chi connectivity index (χ3n) is 6.59. The summed E-state index contributed by atoms with van der Waals surface area (Å²) < 4.78 is 0. The first kappa shape index (κ1) is 17.8. The number of hydrogen-bond donors (Lipinski definition) is 0. The van der Waals surface area contributed by atoms with E-state index < -0.39 is 0 Å². The van der Waals surface area contributed by atoms with E-state index in [9.17, 15) is 14.4 Å². The Bertz CT molecular complexity index is 1060. The summed E-state index contributed by atoms with van der Waals surface area (Å²) in [5, 5.41) is 0. The molecule has 2 aromatic carbocycles. The third-order valence-corrected chi connectivity index (χ3v) is 6.59. The molecule has 3 aliphatic rings. The van der Waals surface area contributed by atoms with Gasteiger partial charge in [0.2, 0.25) is 11.8 Å². The highest BCUT2D eigenvalue weighted by Crippen LogP contribution is 2.58. The molecular weight excluding hydrogens is 362 g/mol. The fourth-order valence-electron chi connectivity index (χ4n) is 5.22. The van der Waals surface area contributed by atoms with E-state index in [0.29, 0.717) is 11.3 Å². The Morgan fingerprint density at radius 3 is 1.83 bits per heavy atom. The molecule has 2 fully saturated rings. The zero-order valence-electron chi connectivity index (χ0n) is 16.3. The van der Waals surface area contributed by atoms with Gasteiger partial charge in [-0.2, -0.15) is 0 Å². The van der Waals surface area contributed by atoms with Gasteiger partial charge in [0.15, 0.2) is 5.78 Å². The van der Waals surface area contributed by atoms with Crippen LogP contribution in [0.5, 0.6) is 0 Å². The molecule has 0 radical (unpaired) electrons. The topological polar surface area (TPSA) is 54.5 Å². The van der Waals surface area contributed by atoms with Crippen LogP contribution >= 0.6 is 0 Å². The average molecular weight is 383 g/mol. The maximum atomic E-state index is 13.3. The van der Waals surface area contributed by atoms with Crippen molar-refractivity contribution in [1.29, 1.82) is 0 Å². The number of imide groups is 1. The molecule has 1 aliphatic heterocycles. The van der Waals surface area contributed by atoms with E-state index >= 15 is 0 Å². The van der Waals surface area contributed by atoms with Gasteiger partial charge >= 0.3 is 0 Å². The standard InChI is InChI=1S/C25H21NO3/c1-14(16-6-4-3-5-7-16)21-19-12-13-20(21)23-22(19)24(28)26(25(23)29)18-10-8-17(9-11-18)15(2)27/h3-13,19-20,22-23H,1-2H3/t19-,20-,22-,23-/m0/s1. The van der Waals surface area contributed by atoms with Crippen LogP contribution in [0.1, 0.15) is 29.8 Å². The fraction of sp³-hybridized carbons (Fsp3) is 0.240. The SMILES string of the molecule is CC(=O)c1ccc(N2C(=O)[C@@H]3[C@@H](C2=O)[C@H]2C=C[C@H]3C2=C(C)c2ccccc2)cc1. The molecule has 0 unspecified atom stereocenters. The summed E-state index contributed by atoms with van der Waals surface area (Å²) in [5.41, 5.74) is 4.62. The second-order valence-corrected chi connectivity index (χ2v) is 8.05. The van der Waals surface area contributed by atoms with Crippen molar-refractivity contribution in [2.24, 2.45) is 23.7 Å². The molecule has 1 saturated carbocycles. The fourth-order valence-corrected chi connectivity index (χ4v) is 5.22. The zero-order valence-corrected chi connectivity index (χ0v) is 16.3. The smallest absolute Gasteiger partial charge is 0.238 e. The van der Waals surface area contributed by atoms with E-state index in [4.69, 9.17) is 0 Å². The van der Waals surface area contributed by atoms with Crippen molar-refractivity contribution in [3.05, 3.63) is 83.4 Å². The summed E-state index contributed by atoms with van der Waals surface area (Å²) in [4.78, 5) is 39.4. The van der Waals surface area contributed by atoms with Gasteiger partial charge < -0.3 is 0 Å². The number of fused-ring (bicyclic) bond motifs is 5. The van der Waals surface area contributed by atoms with Crippen LogP contribution in [-0.4, -0.2) is 17.6 Å². The van der Waals surface area contributed by atoms with E-state index in [1.54, 1.807) is 24.3 Å². The predicted octanol–water partition coefficient (Wildman–Crippen LogP) is 4.28. The van der Waals surface area contributed by atoms with Crippen LogP contribution in [0.4, 0.5) is 5.69 Å². The molecule has 0 spiro atoms. The van der Waals surface area contributed by atoms with Gasteiger partial charge in [-0.3, -0.25) is 14.4 Å². The number of Topliss-reactive ketones (excluding diaryl/α,β-unsaturated/α-hetero) is 1. The summed E-state index contributed by atoms with van der Waals surface area (Å²) in [6.07, 6.45) is 4.20. The van der Waals surface area contributed by atoms with Crippen LogP contribution < -0.4 is 4.90 Å². The Balaban J connectivity index is 1.51. The van der Waals surface area contributed by atoms with E-state index in [-0.39, 0.29) is 41.3 Å². The zero-order chi connectivity index (χ0) is 20.3. The number of hydrogen-bond acceptors (Lipinski definition) is 3. The van der Waals surface area contributed by atoms with Crippen molar-refractivity contribution in [1.82, 2.24) is 0 Å². The Morgan fingerprint density at radius 1 is 0.759 bits per heavy atom. The molecule has 4 heteroatoms. The molecule has 2 aromatic rings. The summed E-state index contributed by atoms with van der Waals surface area (Å²) >= 11 is 0. The summed E-state index contributed by atoms with van der Waals surface area (Å²) in [5.74, 6) is -1.03. The maximum Gasteiger partial charge on any atom is 0.238 e. The number of anilines is 1. The van der Waals surface area contributed by atoms with Gasteiger partial charge in [-0.15, -0.1) is 0 Å². The van der Waals surface area contributed by atoms with E-state index in [1.807, 2.05) is 18.2 Å². The summed E-state index contributed by atoms with van der Waals surface area (Å²) in [6, 6.07) is 16.9. The largest absolute Gasteiger partial charge is 0.295 e. The number of benzene rings is 2. The number of carbonyl (C=O) groups is 3. The van der Waals surface area contributed by atoms with Gasteiger partial charge in [0.05, 0.1) is 17.5 Å². The normalized spacial score (nSPS) is 27.0. The average Bonchev–Trinajstić information content (AvgIpc) is 3.38. The number of allylic oxidation sites excluding steroid dienone is 4. The predicted molar refractivity (Wildman–Crippen MR) is 111 cm³/mol. The van der Waals surface area contributed by atoms with Crippen molar-refractivity contribution in [2.75, 3.05) is 4.90 Å². The van der Waals surface area contributed by atoms with Crippen molar-refractivity contribution < 1.29 is 14.4 Å². The van der Waals surface area contributed by atoms with Gasteiger partial charge in [-0.25, -0.2) is 4.90 Å². The number of nitrogens with zero attached hydrogens (tertiary/aromatic N) is 1. The highest BCUT2D eigenvalue weighted by Gasteiger charge is 2.62. The summed E-state index contributed by atoms with van der Waals surface area (Å²) in [6.45, 7) is 3.59. The first-order valence-corrected chi connectivity index (χ1v) is 9.92. The molecule has 2 bridgehead atoms. The van der Waals surface area contributed by atoms with Crippen LogP contribution in [0.25, 0.3) is 5.57 Å². The molecule has 4 atom stereocenters. The Morgan fingerprint density at radius 2 is 1.31 bits per heavy atom. The molecule has 144 valence electrons. The number of carbonyl (C=O) groups excluding carboxylic acids is 3. The Kier molecular flexibility index (Phi) is 3.91. The van der Waals surface area contributed by atoms with Gasteiger partial charge in [0.25, 0.3) is 0 Å². The molecule has 2 aliphatic carbocycles. The van der Waals surface area contributed by atoms with Gasteiger partial charge in [0.1, 0.15) is 0 Å². The molecular formula is C25H21NO3. The molecule has 0 N–H and O–H groups in total. The number of amides is 2. The maximum absolute atomic E-state index is 13.3. The lowest BCUT2D eigenvalue weighted by Crippen LogP contribution is -2.33. The highest BCUT2D eigenvalue weighted by molar-refractivity contribution is 6.23. The Hall–Kier alpha value is -3.27. The minimum Gasteiger partial charge on any atom is -0.295 e. The molecule has 1 heterocycles. The monoisotopic (exact) mass is 383 g/mol. The van der Waals surface area contributed by atoms with Gasteiger partial charge in [0, 0.05) is 17.4 Å². The van der Waals surface area contributed by atoms with Gasteiger partial charge in [-0.05, 0) is 49.2 Å². The van der Waals surface area contributed by atoms with Crippen molar-refractivity contribution in [3.8, 4) is 0 Å². The first-order valence-electron chi connectivity index (χ1n) is 9.92. The molecule has 1 saturated heterocycles. The van der Waals surface area contributed by atoms with E-state index in [2.05, 4.69) is 31.2 Å². The number of ketones is 1. The molecule has 5 rings (SSSR count). The van der Waals surface area contributed by atoms with Crippen molar-refractivity contribution in [2.45, 2.75) is 13.8 Å².